The lowest BCUT2D eigenvalue weighted by molar-refractivity contribution is -0.159. The topological polar surface area (TPSA) is 84.2 Å². The Balaban J connectivity index is 0. The second kappa shape index (κ2) is 11.1. The number of hydrogen-bond donors (Lipinski definition) is 4. The van der Waals surface area contributed by atoms with E-state index in [1.165, 1.54) is 0 Å². The smallest absolute Gasteiger partial charge is 0.395 e. The van der Waals surface area contributed by atoms with Gasteiger partial charge in [-0.25, -0.2) is 0 Å². The highest BCUT2D eigenvalue weighted by molar-refractivity contribution is 4.54. The molecule has 0 spiro atoms. The third-order valence-corrected chi connectivity index (χ3v) is 1.43. The first-order valence-corrected chi connectivity index (χ1v) is 4.63. The van der Waals surface area contributed by atoms with E-state index < -0.39 is 12.8 Å². The van der Waals surface area contributed by atoms with Crippen LogP contribution in [0.15, 0.2) is 0 Å². The van der Waals surface area contributed by atoms with Crippen molar-refractivity contribution < 1.29 is 33.6 Å². The van der Waals surface area contributed by atoms with Gasteiger partial charge >= 0.3 is 6.18 Å². The van der Waals surface area contributed by atoms with Gasteiger partial charge in [0.05, 0.1) is 19.8 Å². The van der Waals surface area contributed by atoms with E-state index in [0.717, 1.165) is 0 Å². The molecular weight excluding hydrogens is 231 g/mol. The second-order valence-corrected chi connectivity index (χ2v) is 2.79. The van der Waals surface area contributed by atoms with E-state index in [4.69, 9.17) is 20.4 Å². The molecule has 0 saturated carbocycles. The molecule has 0 unspecified atom stereocenters. The van der Waals surface area contributed by atoms with Crippen LogP contribution in [0.25, 0.3) is 0 Å². The maximum Gasteiger partial charge on any atom is 0.411 e. The van der Waals surface area contributed by atoms with Gasteiger partial charge in [-0.2, -0.15) is 13.2 Å². The van der Waals surface area contributed by atoms with Gasteiger partial charge in [-0.05, 0) is 0 Å². The fraction of sp³-hybridized carbons (Fsp3) is 1.00. The number of halogens is 3. The molecule has 0 amide bonds. The molecule has 4 N–H and O–H groups in total. The van der Waals surface area contributed by atoms with Gasteiger partial charge in [0.25, 0.3) is 0 Å². The van der Waals surface area contributed by atoms with Crippen LogP contribution in [-0.2, 0) is 0 Å². The molecule has 100 valence electrons. The Morgan fingerprint density at radius 3 is 1.12 bits per heavy atom. The lowest BCUT2D eigenvalue weighted by Gasteiger charge is -2.17. The Kier molecular flexibility index (Phi) is 12.5. The summed E-state index contributed by atoms with van der Waals surface area (Å²) in [6, 6.07) is 0. The van der Waals surface area contributed by atoms with Gasteiger partial charge in [0.2, 0.25) is 0 Å². The van der Waals surface area contributed by atoms with Gasteiger partial charge in [-0.1, -0.05) is 0 Å². The van der Waals surface area contributed by atoms with Gasteiger partial charge in [0.15, 0.2) is 0 Å². The van der Waals surface area contributed by atoms with Crippen LogP contribution in [0, 0.1) is 0 Å². The molecule has 0 aromatic rings. The molecule has 0 heterocycles. The third kappa shape index (κ3) is 16.0. The summed E-state index contributed by atoms with van der Waals surface area (Å²) in [7, 11) is 0. The number of nitrogens with zero attached hydrogens (tertiary/aromatic N) is 1. The molecule has 8 heteroatoms. The molecule has 0 aliphatic rings. The highest BCUT2D eigenvalue weighted by atomic mass is 19.4. The van der Waals surface area contributed by atoms with Crippen molar-refractivity contribution in [3.8, 4) is 0 Å². The Hall–Kier alpha value is -0.410. The fourth-order valence-corrected chi connectivity index (χ4v) is 0.760. The van der Waals surface area contributed by atoms with Crippen molar-refractivity contribution >= 4 is 0 Å². The Bertz CT molecular complexity index is 131. The highest BCUT2D eigenvalue weighted by Gasteiger charge is 2.24. The van der Waals surface area contributed by atoms with Crippen LogP contribution in [0.5, 0.6) is 0 Å². The number of alkyl halides is 3. The van der Waals surface area contributed by atoms with Gasteiger partial charge in [0.1, 0.15) is 6.61 Å². The van der Waals surface area contributed by atoms with Crippen LogP contribution in [0.1, 0.15) is 0 Å². The van der Waals surface area contributed by atoms with E-state index in [0.29, 0.717) is 19.6 Å². The molecule has 0 aliphatic carbocycles. The zero-order valence-electron chi connectivity index (χ0n) is 8.82. The largest absolute Gasteiger partial charge is 0.411 e. The van der Waals surface area contributed by atoms with Crippen molar-refractivity contribution in [1.29, 1.82) is 0 Å². The summed E-state index contributed by atoms with van der Waals surface area (Å²) >= 11 is 0. The van der Waals surface area contributed by atoms with E-state index in [1.54, 1.807) is 4.90 Å². The quantitative estimate of drug-likeness (QED) is 0.475. The van der Waals surface area contributed by atoms with Crippen LogP contribution in [-0.4, -0.2) is 77.6 Å². The first-order chi connectivity index (χ1) is 7.41. The third-order valence-electron chi connectivity index (χ3n) is 1.43. The average Bonchev–Trinajstić information content (AvgIpc) is 2.19. The molecule has 16 heavy (non-hydrogen) atoms. The van der Waals surface area contributed by atoms with Gasteiger partial charge < -0.3 is 20.4 Å². The van der Waals surface area contributed by atoms with Gasteiger partial charge in [0, 0.05) is 19.6 Å². The Morgan fingerprint density at radius 2 is 1.00 bits per heavy atom. The molecule has 0 rings (SSSR count). The molecule has 5 nitrogen and oxygen atoms in total. The molecule has 0 bridgehead atoms. The van der Waals surface area contributed by atoms with Crippen LogP contribution in [0.3, 0.4) is 0 Å². The molecule has 0 saturated heterocycles. The summed E-state index contributed by atoms with van der Waals surface area (Å²) in [6.07, 6.45) is -4.40. The van der Waals surface area contributed by atoms with E-state index in [9.17, 15) is 13.2 Å². The summed E-state index contributed by atoms with van der Waals surface area (Å²) in [4.78, 5) is 1.79. The predicted octanol–water partition coefficient (Wildman–Crippen LogP) is -1.19. The minimum atomic E-state index is -4.40. The normalized spacial score (nSPS) is 11.2. The zero-order valence-corrected chi connectivity index (χ0v) is 8.82. The summed E-state index contributed by atoms with van der Waals surface area (Å²) in [5, 5.41) is 32.7. The minimum Gasteiger partial charge on any atom is -0.395 e. The zero-order chi connectivity index (χ0) is 13.0. The monoisotopic (exact) mass is 249 g/mol. The van der Waals surface area contributed by atoms with Crippen molar-refractivity contribution in [2.24, 2.45) is 0 Å². The van der Waals surface area contributed by atoms with Crippen molar-refractivity contribution in [2.45, 2.75) is 6.18 Å². The van der Waals surface area contributed by atoms with Crippen molar-refractivity contribution in [3.05, 3.63) is 0 Å². The molecule has 0 atom stereocenters. The Morgan fingerprint density at radius 1 is 0.750 bits per heavy atom. The maximum absolute atomic E-state index is 10.5. The molecule has 0 aromatic heterocycles. The predicted molar refractivity (Wildman–Crippen MR) is 50.8 cm³/mol. The van der Waals surface area contributed by atoms with E-state index in [-0.39, 0.29) is 19.8 Å². The number of aliphatic hydroxyl groups is 4. The summed E-state index contributed by atoms with van der Waals surface area (Å²) < 4.78 is 31.6. The lowest BCUT2D eigenvalue weighted by Crippen LogP contribution is -2.32. The second-order valence-electron chi connectivity index (χ2n) is 2.79. The van der Waals surface area contributed by atoms with Gasteiger partial charge in [-0.3, -0.25) is 4.90 Å². The average molecular weight is 249 g/mol. The van der Waals surface area contributed by atoms with E-state index in [2.05, 4.69) is 0 Å². The van der Waals surface area contributed by atoms with E-state index in [1.807, 2.05) is 0 Å². The number of hydrogen-bond acceptors (Lipinski definition) is 5. The van der Waals surface area contributed by atoms with Crippen LogP contribution in [0.2, 0.25) is 0 Å². The fourth-order valence-electron chi connectivity index (χ4n) is 0.760. The molecule has 0 radical (unpaired) electrons. The minimum absolute atomic E-state index is 0.0694. The van der Waals surface area contributed by atoms with E-state index >= 15 is 0 Å². The lowest BCUT2D eigenvalue weighted by atomic mass is 10.4. The van der Waals surface area contributed by atoms with Crippen LogP contribution >= 0.6 is 0 Å². The first-order valence-electron chi connectivity index (χ1n) is 4.63. The highest BCUT2D eigenvalue weighted by Crippen LogP contribution is 2.11. The number of aliphatic hydroxyl groups excluding tert-OH is 4. The molecule has 0 aromatic carbocycles. The van der Waals surface area contributed by atoms with Crippen LogP contribution in [0.4, 0.5) is 13.2 Å². The maximum atomic E-state index is 10.5. The van der Waals surface area contributed by atoms with Crippen molar-refractivity contribution in [1.82, 2.24) is 4.90 Å². The first kappa shape index (κ1) is 18.0. The SMILES string of the molecule is OCC(F)(F)F.OCCN(CCO)CCO. The standard InChI is InChI=1S/C6H15NO3.C2H3F3O/c8-4-1-7(2-5-9)3-6-10;3-2(4,5)1-6/h8-10H,1-6H2;6H,1H2. The van der Waals surface area contributed by atoms with Crippen LogP contribution < -0.4 is 0 Å². The molecular formula is C8H18F3NO4. The summed E-state index contributed by atoms with van der Waals surface area (Å²) in [5.41, 5.74) is 0. The Labute approximate surface area is 91.7 Å². The van der Waals surface area contributed by atoms with Gasteiger partial charge in [-0.15, -0.1) is 0 Å². The molecule has 0 fully saturated rings. The van der Waals surface area contributed by atoms with Crippen molar-refractivity contribution in [2.75, 3.05) is 46.1 Å². The summed E-state index contributed by atoms with van der Waals surface area (Å²) in [5.74, 6) is 0. The number of rotatable bonds is 6. The van der Waals surface area contributed by atoms with Crippen molar-refractivity contribution in [3.63, 3.8) is 0 Å². The molecule has 0 aliphatic heterocycles. The summed E-state index contributed by atoms with van der Waals surface area (Å²) in [6.45, 7) is 0.0242.